The summed E-state index contributed by atoms with van der Waals surface area (Å²) in [5.74, 6) is 4.72. The van der Waals surface area contributed by atoms with Crippen LogP contribution in [0.25, 0.3) is 0 Å². The lowest BCUT2D eigenvalue weighted by Gasteiger charge is -2.31. The topological polar surface area (TPSA) is 91.7 Å². The lowest BCUT2D eigenvalue weighted by atomic mass is 9.94. The molecule has 0 saturated carbocycles. The van der Waals surface area contributed by atoms with Crippen LogP contribution in [-0.4, -0.2) is 47.0 Å². The van der Waals surface area contributed by atoms with Gasteiger partial charge in [-0.15, -0.1) is 0 Å². The van der Waals surface area contributed by atoms with Crippen molar-refractivity contribution in [1.29, 1.82) is 0 Å². The van der Waals surface area contributed by atoms with Gasteiger partial charge in [0.2, 0.25) is 11.8 Å². The average Bonchev–Trinajstić information content (AvgIpc) is 3.32. The molecule has 0 amide bonds. The molecule has 3 heterocycles. The van der Waals surface area contributed by atoms with Crippen molar-refractivity contribution < 1.29 is 8.83 Å². The van der Waals surface area contributed by atoms with E-state index in [0.717, 1.165) is 74.6 Å². The number of nitrogens with zero attached hydrogens (tertiary/aromatic N) is 4. The Morgan fingerprint density at radius 3 is 2.48 bits per heavy atom. The number of guanidine groups is 1. The molecule has 1 aliphatic rings. The van der Waals surface area contributed by atoms with E-state index in [-0.39, 0.29) is 5.41 Å². The van der Waals surface area contributed by atoms with Crippen LogP contribution in [0.4, 0.5) is 0 Å². The first-order valence-electron chi connectivity index (χ1n) is 11.4. The highest BCUT2D eigenvalue weighted by molar-refractivity contribution is 5.79. The Labute approximate surface area is 185 Å². The molecule has 3 rings (SSSR count). The minimum Gasteiger partial charge on any atom is -0.444 e. The van der Waals surface area contributed by atoms with Crippen LogP contribution in [0.2, 0.25) is 0 Å². The van der Waals surface area contributed by atoms with Crippen LogP contribution in [0.15, 0.2) is 20.0 Å². The molecule has 0 aromatic carbocycles. The summed E-state index contributed by atoms with van der Waals surface area (Å²) in [7, 11) is 0. The third-order valence-electron chi connectivity index (χ3n) is 5.71. The van der Waals surface area contributed by atoms with Gasteiger partial charge in [0.05, 0.1) is 18.4 Å². The second-order valence-corrected chi connectivity index (χ2v) is 9.41. The van der Waals surface area contributed by atoms with Crippen molar-refractivity contribution in [1.82, 2.24) is 25.5 Å². The highest BCUT2D eigenvalue weighted by atomic mass is 16.4. The lowest BCUT2D eigenvalue weighted by Crippen LogP contribution is -2.42. The number of rotatable bonds is 7. The molecule has 0 atom stereocenters. The third-order valence-corrected chi connectivity index (χ3v) is 5.71. The van der Waals surface area contributed by atoms with Crippen LogP contribution in [0, 0.1) is 19.8 Å². The van der Waals surface area contributed by atoms with Crippen molar-refractivity contribution in [2.45, 2.75) is 72.9 Å². The van der Waals surface area contributed by atoms with Gasteiger partial charge < -0.3 is 19.5 Å². The fourth-order valence-electron chi connectivity index (χ4n) is 3.61. The quantitative estimate of drug-likeness (QED) is 0.513. The average molecular weight is 431 g/mol. The summed E-state index contributed by atoms with van der Waals surface area (Å²) >= 11 is 0. The number of aliphatic imine (C=N–C) groups is 1. The van der Waals surface area contributed by atoms with Crippen LogP contribution in [0.5, 0.6) is 0 Å². The number of nitrogens with one attached hydrogen (secondary N) is 2. The van der Waals surface area contributed by atoms with Crippen molar-refractivity contribution in [3.63, 3.8) is 0 Å². The van der Waals surface area contributed by atoms with Crippen LogP contribution in [0.3, 0.4) is 0 Å². The summed E-state index contributed by atoms with van der Waals surface area (Å²) in [5, 5.41) is 6.81. The van der Waals surface area contributed by atoms with Gasteiger partial charge in [0.25, 0.3) is 0 Å². The maximum Gasteiger partial charge on any atom is 0.216 e. The molecule has 0 spiro atoms. The maximum atomic E-state index is 5.85. The normalized spacial score (nSPS) is 16.6. The standard InChI is InChI=1S/C23H38N6O2/c1-7-24-22(27-14-20-25-13-19(31-20)23(4,5)6)26-12-18-8-10-29(11-9-18)15-21-28-16(2)17(3)30-21/h13,18H,7-12,14-15H2,1-6H3,(H2,24,26,27). The Morgan fingerprint density at radius 2 is 1.90 bits per heavy atom. The van der Waals surface area contributed by atoms with E-state index in [1.165, 1.54) is 0 Å². The van der Waals surface area contributed by atoms with Crippen molar-refractivity contribution >= 4 is 5.96 Å². The molecule has 0 unspecified atom stereocenters. The molecule has 2 aromatic heterocycles. The molecule has 1 aliphatic heterocycles. The first kappa shape index (κ1) is 23.3. The molecule has 1 saturated heterocycles. The van der Waals surface area contributed by atoms with Crippen LogP contribution < -0.4 is 10.6 Å². The molecule has 0 aliphatic carbocycles. The highest BCUT2D eigenvalue weighted by Crippen LogP contribution is 2.23. The SMILES string of the molecule is CCNC(=NCc1ncc(C(C)(C)C)o1)NCC1CCN(Cc2nc(C)c(C)o2)CC1. The van der Waals surface area contributed by atoms with Crippen molar-refractivity contribution in [2.24, 2.45) is 10.9 Å². The summed E-state index contributed by atoms with van der Waals surface area (Å²) in [6.07, 6.45) is 4.11. The molecular weight excluding hydrogens is 392 g/mol. The van der Waals surface area contributed by atoms with Gasteiger partial charge >= 0.3 is 0 Å². The smallest absolute Gasteiger partial charge is 0.216 e. The Hall–Kier alpha value is -2.35. The van der Waals surface area contributed by atoms with E-state index < -0.39 is 0 Å². The van der Waals surface area contributed by atoms with Crippen LogP contribution >= 0.6 is 0 Å². The van der Waals surface area contributed by atoms with Crippen LogP contribution in [-0.2, 0) is 18.5 Å². The molecule has 0 radical (unpaired) electrons. The first-order chi connectivity index (χ1) is 14.7. The molecule has 8 heteroatoms. The van der Waals surface area contributed by atoms with Gasteiger partial charge in [0.1, 0.15) is 18.1 Å². The molecule has 1 fully saturated rings. The summed E-state index contributed by atoms with van der Waals surface area (Å²) in [4.78, 5) is 16.0. The molecule has 2 N–H and O–H groups in total. The zero-order valence-corrected chi connectivity index (χ0v) is 19.9. The van der Waals surface area contributed by atoms with E-state index in [9.17, 15) is 0 Å². The second-order valence-electron chi connectivity index (χ2n) is 9.41. The Morgan fingerprint density at radius 1 is 1.16 bits per heavy atom. The Bertz CT molecular complexity index is 836. The van der Waals surface area contributed by atoms with E-state index in [0.29, 0.717) is 18.4 Å². The number of piperidine rings is 1. The fraction of sp³-hybridized carbons (Fsp3) is 0.696. The molecule has 2 aromatic rings. The van der Waals surface area contributed by atoms with Gasteiger partial charge in [0, 0.05) is 18.5 Å². The Balaban J connectivity index is 1.44. The largest absolute Gasteiger partial charge is 0.444 e. The summed E-state index contributed by atoms with van der Waals surface area (Å²) in [6, 6.07) is 0. The van der Waals surface area contributed by atoms with E-state index in [4.69, 9.17) is 8.83 Å². The number of hydrogen-bond acceptors (Lipinski definition) is 6. The first-order valence-corrected chi connectivity index (χ1v) is 11.4. The van der Waals surface area contributed by atoms with Gasteiger partial charge in [-0.2, -0.15) is 0 Å². The second kappa shape index (κ2) is 10.3. The van der Waals surface area contributed by atoms with E-state index >= 15 is 0 Å². The maximum absolute atomic E-state index is 5.85. The minimum atomic E-state index is -0.0444. The monoisotopic (exact) mass is 430 g/mol. The predicted octanol–water partition coefficient (Wildman–Crippen LogP) is 3.54. The lowest BCUT2D eigenvalue weighted by molar-refractivity contribution is 0.164. The molecule has 172 valence electrons. The van der Waals surface area contributed by atoms with E-state index in [2.05, 4.69) is 58.2 Å². The highest BCUT2D eigenvalue weighted by Gasteiger charge is 2.21. The molecule has 31 heavy (non-hydrogen) atoms. The Kier molecular flexibility index (Phi) is 7.75. The number of aromatic nitrogens is 2. The minimum absolute atomic E-state index is 0.0444. The molecule has 0 bridgehead atoms. The van der Waals surface area contributed by atoms with Gasteiger partial charge in [-0.3, -0.25) is 4.90 Å². The van der Waals surface area contributed by atoms with Gasteiger partial charge in [-0.25, -0.2) is 15.0 Å². The van der Waals surface area contributed by atoms with Crippen LogP contribution in [0.1, 0.15) is 69.5 Å². The number of likely N-dealkylation sites (tertiary alicyclic amines) is 1. The van der Waals surface area contributed by atoms with Crippen molar-refractivity contribution in [2.75, 3.05) is 26.2 Å². The number of hydrogen-bond donors (Lipinski definition) is 2. The fourth-order valence-corrected chi connectivity index (χ4v) is 3.61. The van der Waals surface area contributed by atoms with Gasteiger partial charge in [0.15, 0.2) is 5.96 Å². The zero-order valence-electron chi connectivity index (χ0n) is 19.9. The van der Waals surface area contributed by atoms with Gasteiger partial charge in [-0.05, 0) is 52.6 Å². The summed E-state index contributed by atoms with van der Waals surface area (Å²) < 4.78 is 11.6. The van der Waals surface area contributed by atoms with E-state index in [1.54, 1.807) is 6.20 Å². The third kappa shape index (κ3) is 6.82. The van der Waals surface area contributed by atoms with Crippen molar-refractivity contribution in [3.05, 3.63) is 35.2 Å². The molecule has 8 nitrogen and oxygen atoms in total. The zero-order chi connectivity index (χ0) is 22.4. The van der Waals surface area contributed by atoms with Gasteiger partial charge in [-0.1, -0.05) is 20.8 Å². The summed E-state index contributed by atoms with van der Waals surface area (Å²) in [6.45, 7) is 17.5. The number of oxazole rings is 2. The van der Waals surface area contributed by atoms with Crippen molar-refractivity contribution in [3.8, 4) is 0 Å². The number of aryl methyl sites for hydroxylation is 2. The predicted molar refractivity (Wildman–Crippen MR) is 122 cm³/mol. The molecular formula is C23H38N6O2. The van der Waals surface area contributed by atoms with E-state index in [1.807, 2.05) is 13.8 Å². The summed E-state index contributed by atoms with van der Waals surface area (Å²) in [5.41, 5.74) is 0.945.